The summed E-state index contributed by atoms with van der Waals surface area (Å²) in [5.74, 6) is -0.897. The minimum Gasteiger partial charge on any atom is -0.481 e. The van der Waals surface area contributed by atoms with Gasteiger partial charge in [0.05, 0.1) is 17.6 Å². The van der Waals surface area contributed by atoms with Crippen molar-refractivity contribution in [3.63, 3.8) is 0 Å². The van der Waals surface area contributed by atoms with Crippen LogP contribution in [0.3, 0.4) is 0 Å². The fourth-order valence-electron chi connectivity index (χ4n) is 4.42. The van der Waals surface area contributed by atoms with E-state index in [9.17, 15) is 23.1 Å². The molecule has 0 amide bonds. The molecule has 0 bridgehead atoms. The maximum atomic E-state index is 12.9. The molecule has 1 aromatic carbocycles. The van der Waals surface area contributed by atoms with Crippen LogP contribution in [0, 0.1) is 19.3 Å². The number of aliphatic hydroxyl groups is 1. The van der Waals surface area contributed by atoms with Crippen LogP contribution in [0.2, 0.25) is 0 Å². The fraction of sp³-hybridized carbons (Fsp3) is 0.613. The number of anilines is 1. The summed E-state index contributed by atoms with van der Waals surface area (Å²) in [6, 6.07) is 5.25. The molecule has 1 fully saturated rings. The summed E-state index contributed by atoms with van der Waals surface area (Å²) in [6.45, 7) is 19.2. The van der Waals surface area contributed by atoms with Crippen LogP contribution in [0.15, 0.2) is 24.3 Å². The van der Waals surface area contributed by atoms with E-state index in [2.05, 4.69) is 23.7 Å². The monoisotopic (exact) mass is 552 g/mol. The Hall–Kier alpha value is -2.61. The molecule has 0 atom stereocenters. The van der Waals surface area contributed by atoms with E-state index in [0.29, 0.717) is 12.8 Å². The number of carbonyl (C=O) groups is 1. The number of alkyl halides is 3. The Morgan fingerprint density at radius 3 is 1.85 bits per heavy atom. The first-order valence-corrected chi connectivity index (χ1v) is 13.7. The van der Waals surface area contributed by atoms with Crippen molar-refractivity contribution >= 4 is 11.7 Å². The third-order valence-electron chi connectivity index (χ3n) is 6.49. The van der Waals surface area contributed by atoms with E-state index in [0.717, 1.165) is 71.8 Å². The number of pyridine rings is 1. The molecule has 1 aromatic heterocycles. The van der Waals surface area contributed by atoms with Crippen LogP contribution in [0.25, 0.3) is 0 Å². The van der Waals surface area contributed by atoms with Gasteiger partial charge in [-0.25, -0.2) is 0 Å². The van der Waals surface area contributed by atoms with Gasteiger partial charge < -0.3 is 15.1 Å². The predicted molar refractivity (Wildman–Crippen MR) is 152 cm³/mol. The van der Waals surface area contributed by atoms with Crippen LogP contribution in [0.1, 0.15) is 94.9 Å². The second-order valence-electron chi connectivity index (χ2n) is 11.7. The van der Waals surface area contributed by atoms with Crippen molar-refractivity contribution in [3.8, 4) is 0 Å². The van der Waals surface area contributed by atoms with Gasteiger partial charge in [0.1, 0.15) is 0 Å². The largest absolute Gasteiger partial charge is 0.481 e. The number of carboxylic acid groups (broad SMARTS) is 1. The van der Waals surface area contributed by atoms with Crippen molar-refractivity contribution in [2.45, 2.75) is 106 Å². The molecule has 8 heteroatoms. The Balaban J connectivity index is 0.000000975. The van der Waals surface area contributed by atoms with E-state index in [1.807, 2.05) is 27.7 Å². The highest BCUT2D eigenvalue weighted by molar-refractivity contribution is 5.76. The van der Waals surface area contributed by atoms with Crippen LogP contribution >= 0.6 is 0 Å². The van der Waals surface area contributed by atoms with Gasteiger partial charge in [-0.2, -0.15) is 13.2 Å². The highest BCUT2D eigenvalue weighted by atomic mass is 19.4. The number of hydrogen-bond acceptors (Lipinski definition) is 4. The number of halogens is 3. The van der Waals surface area contributed by atoms with E-state index in [1.165, 1.54) is 12.1 Å². The lowest BCUT2D eigenvalue weighted by Crippen LogP contribution is -2.39. The smallest absolute Gasteiger partial charge is 0.416 e. The number of aliphatic carboxylic acids is 1. The van der Waals surface area contributed by atoms with Gasteiger partial charge in [0, 0.05) is 35.7 Å². The molecular formula is C31H47F3N2O3. The molecule has 0 aliphatic carbocycles. The predicted octanol–water partition coefficient (Wildman–Crippen LogP) is 7.56. The van der Waals surface area contributed by atoms with E-state index in [4.69, 9.17) is 5.11 Å². The zero-order valence-electron chi connectivity index (χ0n) is 25.1. The zero-order chi connectivity index (χ0) is 30.2. The standard InChI is InChI=1S/C25H31F3N2O2.C4H10O.C2H6/c1-16-20(10-7-18-5-8-19(9-6-18)25(26,27)28)23(21(15-22(31)32)17(2)29-16)30-13-11-24(3,4)12-14-30;1-4(2,3)5;1-2/h5-6,8-9H,7,10-15H2,1-4H3,(H,31,32);5H,1-3H3;1-2H3. The Morgan fingerprint density at radius 1 is 0.949 bits per heavy atom. The Kier molecular flexibility index (Phi) is 12.5. The summed E-state index contributed by atoms with van der Waals surface area (Å²) in [4.78, 5) is 18.5. The number of aryl methyl sites for hydroxylation is 3. The molecular weight excluding hydrogens is 505 g/mol. The molecule has 0 unspecified atom stereocenters. The third-order valence-corrected chi connectivity index (χ3v) is 6.49. The lowest BCUT2D eigenvalue weighted by molar-refractivity contribution is -0.138. The lowest BCUT2D eigenvalue weighted by atomic mass is 9.82. The first-order chi connectivity index (χ1) is 17.9. The summed E-state index contributed by atoms with van der Waals surface area (Å²) in [5.41, 5.74) is 4.17. The van der Waals surface area contributed by atoms with Gasteiger partial charge in [0.25, 0.3) is 0 Å². The molecule has 5 nitrogen and oxygen atoms in total. The molecule has 220 valence electrons. The van der Waals surface area contributed by atoms with Crippen LogP contribution in [-0.4, -0.2) is 39.9 Å². The summed E-state index contributed by atoms with van der Waals surface area (Å²) in [7, 11) is 0. The van der Waals surface area contributed by atoms with E-state index in [1.54, 1.807) is 20.8 Å². The van der Waals surface area contributed by atoms with Gasteiger partial charge in [-0.3, -0.25) is 9.78 Å². The number of carboxylic acids is 1. The average Bonchev–Trinajstić information content (AvgIpc) is 2.80. The van der Waals surface area contributed by atoms with Crippen LogP contribution < -0.4 is 4.90 Å². The van der Waals surface area contributed by atoms with Crippen LogP contribution in [0.5, 0.6) is 0 Å². The molecule has 0 radical (unpaired) electrons. The van der Waals surface area contributed by atoms with Gasteiger partial charge in [0.15, 0.2) is 0 Å². The summed E-state index contributed by atoms with van der Waals surface area (Å²) < 4.78 is 38.6. The minimum atomic E-state index is -4.35. The number of aromatic nitrogens is 1. The fourth-order valence-corrected chi connectivity index (χ4v) is 4.42. The molecule has 0 saturated carbocycles. The average molecular weight is 553 g/mol. The number of hydrogen-bond donors (Lipinski definition) is 2. The highest BCUT2D eigenvalue weighted by Gasteiger charge is 2.31. The molecule has 1 aliphatic rings. The SMILES string of the molecule is CC.CC(C)(C)O.Cc1nc(C)c(CC(=O)O)c(N2CCC(C)(C)CC2)c1CCc1ccc(C(F)(F)F)cc1. The summed E-state index contributed by atoms with van der Waals surface area (Å²) in [5, 5.41) is 18.0. The zero-order valence-corrected chi connectivity index (χ0v) is 25.1. The second kappa shape index (κ2) is 14.1. The number of rotatable bonds is 6. The molecule has 3 rings (SSSR count). The first-order valence-electron chi connectivity index (χ1n) is 13.7. The molecule has 2 N–H and O–H groups in total. The van der Waals surface area contributed by atoms with Crippen molar-refractivity contribution in [1.82, 2.24) is 4.98 Å². The van der Waals surface area contributed by atoms with Crippen molar-refractivity contribution in [2.24, 2.45) is 5.41 Å². The van der Waals surface area contributed by atoms with Crippen molar-refractivity contribution in [2.75, 3.05) is 18.0 Å². The number of nitrogens with zero attached hydrogens (tertiary/aromatic N) is 2. The normalized spacial score (nSPS) is 15.1. The van der Waals surface area contributed by atoms with Crippen molar-refractivity contribution < 1.29 is 28.2 Å². The van der Waals surface area contributed by atoms with Gasteiger partial charge in [-0.05, 0) is 89.0 Å². The first kappa shape index (κ1) is 34.4. The molecule has 39 heavy (non-hydrogen) atoms. The van der Waals surface area contributed by atoms with Crippen molar-refractivity contribution in [1.29, 1.82) is 0 Å². The molecule has 1 saturated heterocycles. The Labute approximate surface area is 232 Å². The maximum Gasteiger partial charge on any atom is 0.416 e. The van der Waals surface area contributed by atoms with E-state index in [-0.39, 0.29) is 11.8 Å². The Morgan fingerprint density at radius 2 is 1.41 bits per heavy atom. The molecule has 2 heterocycles. The van der Waals surface area contributed by atoms with Gasteiger partial charge >= 0.3 is 12.1 Å². The summed E-state index contributed by atoms with van der Waals surface area (Å²) >= 11 is 0. The number of piperidine rings is 1. The van der Waals surface area contributed by atoms with E-state index >= 15 is 0 Å². The quantitative estimate of drug-likeness (QED) is 0.387. The van der Waals surface area contributed by atoms with Crippen LogP contribution in [-0.2, 0) is 30.2 Å². The Bertz CT molecular complexity index is 1060. The van der Waals surface area contributed by atoms with Crippen molar-refractivity contribution in [3.05, 3.63) is 57.9 Å². The maximum absolute atomic E-state index is 12.9. The molecule has 0 spiro atoms. The minimum absolute atomic E-state index is 0.0956. The van der Waals surface area contributed by atoms with Crippen LogP contribution in [0.4, 0.5) is 18.9 Å². The van der Waals surface area contributed by atoms with Gasteiger partial charge in [-0.1, -0.05) is 39.8 Å². The topological polar surface area (TPSA) is 73.7 Å². The molecule has 2 aromatic rings. The van der Waals surface area contributed by atoms with Gasteiger partial charge in [-0.15, -0.1) is 0 Å². The summed E-state index contributed by atoms with van der Waals surface area (Å²) in [6.07, 6.45) is -1.27. The van der Waals surface area contributed by atoms with E-state index < -0.39 is 23.3 Å². The second-order valence-corrected chi connectivity index (χ2v) is 11.7. The highest BCUT2D eigenvalue weighted by Crippen LogP contribution is 2.37. The number of benzene rings is 1. The third kappa shape index (κ3) is 11.6. The lowest BCUT2D eigenvalue weighted by Gasteiger charge is -2.40. The van der Waals surface area contributed by atoms with Gasteiger partial charge in [0.2, 0.25) is 0 Å². The molecule has 1 aliphatic heterocycles.